The van der Waals surface area contributed by atoms with E-state index in [2.05, 4.69) is 10.3 Å². The Morgan fingerprint density at radius 2 is 1.90 bits per heavy atom. The van der Waals surface area contributed by atoms with Gasteiger partial charge in [-0.05, 0) is 37.3 Å². The number of carbonyl (C=O) groups is 1. The third-order valence-corrected chi connectivity index (χ3v) is 5.21. The summed E-state index contributed by atoms with van der Waals surface area (Å²) in [4.78, 5) is 17.0. The van der Waals surface area contributed by atoms with Gasteiger partial charge in [0.1, 0.15) is 10.8 Å². The highest BCUT2D eigenvalue weighted by Gasteiger charge is 2.12. The first-order valence-electron chi connectivity index (χ1n) is 9.28. The van der Waals surface area contributed by atoms with Gasteiger partial charge in [0.05, 0.1) is 32.9 Å². The van der Waals surface area contributed by atoms with Crippen LogP contribution in [0, 0.1) is 0 Å². The molecule has 0 aliphatic rings. The number of benzene rings is 2. The van der Waals surface area contributed by atoms with E-state index in [9.17, 15) is 4.79 Å². The van der Waals surface area contributed by atoms with E-state index < -0.39 is 0 Å². The zero-order valence-electron chi connectivity index (χ0n) is 16.7. The quantitative estimate of drug-likeness (QED) is 0.573. The summed E-state index contributed by atoms with van der Waals surface area (Å²) in [6.07, 6.45) is 0.222. The molecule has 6 nitrogen and oxygen atoms in total. The molecule has 3 aromatic rings. The maximum atomic E-state index is 12.4. The molecule has 3 rings (SSSR count). The molecule has 1 heterocycles. The Morgan fingerprint density at radius 1 is 1.10 bits per heavy atom. The van der Waals surface area contributed by atoms with Gasteiger partial charge in [0.2, 0.25) is 5.91 Å². The van der Waals surface area contributed by atoms with E-state index >= 15 is 0 Å². The van der Waals surface area contributed by atoms with Crippen LogP contribution in [0.2, 0.25) is 0 Å². The van der Waals surface area contributed by atoms with E-state index in [4.69, 9.17) is 14.2 Å². The van der Waals surface area contributed by atoms with Crippen molar-refractivity contribution in [1.29, 1.82) is 0 Å². The Bertz CT molecular complexity index is 954. The highest BCUT2D eigenvalue weighted by atomic mass is 32.1. The van der Waals surface area contributed by atoms with Crippen LogP contribution >= 0.6 is 11.3 Å². The highest BCUT2D eigenvalue weighted by molar-refractivity contribution is 7.13. The first-order valence-corrected chi connectivity index (χ1v) is 10.2. The second kappa shape index (κ2) is 9.93. The SMILES string of the molecule is CCOc1ccc(-c2nc(CC(=O)NCc3cccc(OC)c3OC)cs2)cc1. The van der Waals surface area contributed by atoms with Gasteiger partial charge in [0, 0.05) is 23.1 Å². The van der Waals surface area contributed by atoms with E-state index in [0.29, 0.717) is 24.7 Å². The largest absolute Gasteiger partial charge is 0.494 e. The van der Waals surface area contributed by atoms with E-state index in [0.717, 1.165) is 27.6 Å². The predicted molar refractivity (Wildman–Crippen MR) is 114 cm³/mol. The molecule has 2 aromatic carbocycles. The number of hydrogen-bond acceptors (Lipinski definition) is 6. The average Bonchev–Trinajstić information content (AvgIpc) is 3.21. The fourth-order valence-corrected chi connectivity index (χ4v) is 3.72. The summed E-state index contributed by atoms with van der Waals surface area (Å²) < 4.78 is 16.2. The molecule has 7 heteroatoms. The Labute approximate surface area is 174 Å². The van der Waals surface area contributed by atoms with E-state index in [1.807, 2.05) is 54.8 Å². The lowest BCUT2D eigenvalue weighted by Crippen LogP contribution is -2.25. The van der Waals surface area contributed by atoms with Crippen molar-refractivity contribution < 1.29 is 19.0 Å². The van der Waals surface area contributed by atoms with Crippen molar-refractivity contribution in [2.75, 3.05) is 20.8 Å². The third kappa shape index (κ3) is 5.26. The molecule has 0 radical (unpaired) electrons. The molecule has 0 saturated carbocycles. The highest BCUT2D eigenvalue weighted by Crippen LogP contribution is 2.30. The maximum absolute atomic E-state index is 12.4. The molecule has 152 valence electrons. The van der Waals surface area contributed by atoms with Crippen molar-refractivity contribution >= 4 is 17.2 Å². The predicted octanol–water partition coefficient (Wildman–Crippen LogP) is 4.08. The van der Waals surface area contributed by atoms with Crippen molar-refractivity contribution in [3.63, 3.8) is 0 Å². The summed E-state index contributed by atoms with van der Waals surface area (Å²) in [6.45, 7) is 2.95. The molecule has 0 atom stereocenters. The average molecular weight is 413 g/mol. The minimum atomic E-state index is -0.0987. The summed E-state index contributed by atoms with van der Waals surface area (Å²) in [5, 5.41) is 5.71. The van der Waals surface area contributed by atoms with Crippen LogP contribution in [0.3, 0.4) is 0 Å². The number of hydrogen-bond donors (Lipinski definition) is 1. The molecule has 0 aliphatic carbocycles. The minimum Gasteiger partial charge on any atom is -0.494 e. The molecule has 0 saturated heterocycles. The van der Waals surface area contributed by atoms with Gasteiger partial charge in [-0.2, -0.15) is 0 Å². The van der Waals surface area contributed by atoms with Crippen LogP contribution in [0.1, 0.15) is 18.2 Å². The monoisotopic (exact) mass is 412 g/mol. The molecule has 1 aromatic heterocycles. The lowest BCUT2D eigenvalue weighted by molar-refractivity contribution is -0.120. The van der Waals surface area contributed by atoms with Crippen LogP contribution in [0.25, 0.3) is 10.6 Å². The number of rotatable bonds is 9. The van der Waals surface area contributed by atoms with Crippen LogP contribution in [-0.2, 0) is 17.8 Å². The van der Waals surface area contributed by atoms with Gasteiger partial charge < -0.3 is 19.5 Å². The molecule has 29 heavy (non-hydrogen) atoms. The van der Waals surface area contributed by atoms with Gasteiger partial charge in [-0.25, -0.2) is 4.98 Å². The van der Waals surface area contributed by atoms with Crippen molar-refractivity contribution in [3.8, 4) is 27.8 Å². The fourth-order valence-electron chi connectivity index (χ4n) is 2.89. The van der Waals surface area contributed by atoms with Gasteiger partial charge in [-0.3, -0.25) is 4.79 Å². The third-order valence-electron chi connectivity index (χ3n) is 4.27. The number of aromatic nitrogens is 1. The number of ether oxygens (including phenoxy) is 3. The second-order valence-corrected chi connectivity index (χ2v) is 7.07. The second-order valence-electron chi connectivity index (χ2n) is 6.21. The van der Waals surface area contributed by atoms with Crippen LogP contribution in [0.4, 0.5) is 0 Å². The van der Waals surface area contributed by atoms with Gasteiger partial charge in [-0.1, -0.05) is 12.1 Å². The molecule has 0 unspecified atom stereocenters. The molecule has 1 amide bonds. The molecule has 0 spiro atoms. The van der Waals surface area contributed by atoms with Crippen LogP contribution in [-0.4, -0.2) is 31.7 Å². The first-order chi connectivity index (χ1) is 14.1. The van der Waals surface area contributed by atoms with Crippen molar-refractivity contribution in [2.45, 2.75) is 19.9 Å². The van der Waals surface area contributed by atoms with Crippen LogP contribution < -0.4 is 19.5 Å². The molecule has 1 N–H and O–H groups in total. The number of amides is 1. The molecule has 0 aliphatic heterocycles. The summed E-state index contributed by atoms with van der Waals surface area (Å²) in [5.74, 6) is 2.00. The molecular formula is C22H24N2O4S. The van der Waals surface area contributed by atoms with E-state index in [1.165, 1.54) is 11.3 Å². The van der Waals surface area contributed by atoms with Gasteiger partial charge in [-0.15, -0.1) is 11.3 Å². The number of nitrogens with one attached hydrogen (secondary N) is 1. The maximum Gasteiger partial charge on any atom is 0.226 e. The lowest BCUT2D eigenvalue weighted by atomic mass is 10.1. The van der Waals surface area contributed by atoms with Crippen LogP contribution in [0.15, 0.2) is 47.8 Å². The lowest BCUT2D eigenvalue weighted by Gasteiger charge is -2.13. The zero-order valence-corrected chi connectivity index (χ0v) is 17.5. The Hall–Kier alpha value is -3.06. The summed E-state index contributed by atoms with van der Waals surface area (Å²) >= 11 is 1.52. The Morgan fingerprint density at radius 3 is 2.59 bits per heavy atom. The summed E-state index contributed by atoms with van der Waals surface area (Å²) in [5.41, 5.74) is 2.61. The van der Waals surface area contributed by atoms with Gasteiger partial charge in [0.25, 0.3) is 0 Å². The molecular weight excluding hydrogens is 388 g/mol. The van der Waals surface area contributed by atoms with Gasteiger partial charge >= 0.3 is 0 Å². The number of para-hydroxylation sites is 1. The Kier molecular flexibility index (Phi) is 7.08. The number of carbonyl (C=O) groups excluding carboxylic acids is 1. The summed E-state index contributed by atoms with van der Waals surface area (Å²) in [6, 6.07) is 13.4. The minimum absolute atomic E-state index is 0.0987. The van der Waals surface area contributed by atoms with Crippen LogP contribution in [0.5, 0.6) is 17.2 Å². The van der Waals surface area contributed by atoms with Crippen molar-refractivity contribution in [2.24, 2.45) is 0 Å². The molecule has 0 fully saturated rings. The van der Waals surface area contributed by atoms with E-state index in [1.54, 1.807) is 14.2 Å². The molecule has 0 bridgehead atoms. The number of methoxy groups -OCH3 is 2. The summed E-state index contributed by atoms with van der Waals surface area (Å²) in [7, 11) is 3.17. The fraction of sp³-hybridized carbons (Fsp3) is 0.273. The number of nitrogens with zero attached hydrogens (tertiary/aromatic N) is 1. The van der Waals surface area contributed by atoms with Gasteiger partial charge in [0.15, 0.2) is 11.5 Å². The number of thiazole rings is 1. The van der Waals surface area contributed by atoms with Crippen molar-refractivity contribution in [3.05, 3.63) is 59.1 Å². The normalized spacial score (nSPS) is 10.4. The Balaban J connectivity index is 1.59. The van der Waals surface area contributed by atoms with Crippen molar-refractivity contribution in [1.82, 2.24) is 10.3 Å². The van der Waals surface area contributed by atoms with E-state index in [-0.39, 0.29) is 12.3 Å². The standard InChI is InChI=1S/C22H24N2O4S/c1-4-28-18-10-8-15(9-11-18)22-24-17(14-29-22)12-20(25)23-13-16-6-5-7-19(26-2)21(16)27-3/h5-11,14H,4,12-13H2,1-3H3,(H,23,25). The topological polar surface area (TPSA) is 69.7 Å². The zero-order chi connectivity index (χ0) is 20.6. The first kappa shape index (κ1) is 20.7. The smallest absolute Gasteiger partial charge is 0.226 e.